The van der Waals surface area contributed by atoms with Gasteiger partial charge in [-0.05, 0) is 73.8 Å². The molecule has 0 aromatic heterocycles. The third-order valence-corrected chi connectivity index (χ3v) is 5.21. The minimum absolute atomic E-state index is 0.595. The molecule has 0 aromatic carbocycles. The minimum Gasteiger partial charge on any atom is -0.314 e. The van der Waals surface area contributed by atoms with E-state index in [2.05, 4.69) is 43.6 Å². The first kappa shape index (κ1) is 15.9. The van der Waals surface area contributed by atoms with Crippen molar-refractivity contribution in [3.05, 3.63) is 34.3 Å². The van der Waals surface area contributed by atoms with Gasteiger partial charge in [0.15, 0.2) is 0 Å². The van der Waals surface area contributed by atoms with Gasteiger partial charge in [0.1, 0.15) is 0 Å². The first-order chi connectivity index (χ1) is 9.69. The zero-order chi connectivity index (χ0) is 14.4. The Balaban J connectivity index is 2.02. The van der Waals surface area contributed by atoms with Crippen LogP contribution >= 0.6 is 11.8 Å². The molecule has 0 aromatic rings. The Morgan fingerprint density at radius 3 is 2.85 bits per heavy atom. The maximum absolute atomic E-state index is 3.52. The van der Waals surface area contributed by atoms with Crippen molar-refractivity contribution in [2.75, 3.05) is 12.8 Å². The summed E-state index contributed by atoms with van der Waals surface area (Å²) in [6.45, 7) is 5.55. The molecular weight excluding hydrogens is 262 g/mol. The molecule has 1 N–H and O–H groups in total. The van der Waals surface area contributed by atoms with Crippen LogP contribution in [0.1, 0.15) is 52.4 Å². The van der Waals surface area contributed by atoms with Crippen LogP contribution in [0.5, 0.6) is 0 Å². The minimum atomic E-state index is 0.595. The average Bonchev–Trinajstić information content (AvgIpc) is 2.41. The SMILES string of the molecule is CSC1=CC2=CC=C(CCNC(C)C)CCCC2CC1. The topological polar surface area (TPSA) is 12.0 Å². The van der Waals surface area contributed by atoms with E-state index in [0.717, 1.165) is 12.5 Å². The highest BCUT2D eigenvalue weighted by Crippen LogP contribution is 2.37. The second-order valence-corrected chi connectivity index (χ2v) is 7.23. The summed E-state index contributed by atoms with van der Waals surface area (Å²) in [7, 11) is 0. The van der Waals surface area contributed by atoms with Gasteiger partial charge >= 0.3 is 0 Å². The Hall–Kier alpha value is -0.470. The molecule has 20 heavy (non-hydrogen) atoms. The lowest BCUT2D eigenvalue weighted by molar-refractivity contribution is 0.491. The summed E-state index contributed by atoms with van der Waals surface area (Å²) < 4.78 is 0. The van der Waals surface area contributed by atoms with Gasteiger partial charge in [-0.15, -0.1) is 11.8 Å². The molecule has 0 amide bonds. The van der Waals surface area contributed by atoms with Crippen molar-refractivity contribution in [2.24, 2.45) is 5.92 Å². The van der Waals surface area contributed by atoms with Gasteiger partial charge in [-0.3, -0.25) is 0 Å². The lowest BCUT2D eigenvalue weighted by Crippen LogP contribution is -2.24. The van der Waals surface area contributed by atoms with Crippen molar-refractivity contribution in [1.82, 2.24) is 5.32 Å². The zero-order valence-corrected chi connectivity index (χ0v) is 14.1. The molecular formula is C18H29NS. The second-order valence-electron chi connectivity index (χ2n) is 6.29. The monoisotopic (exact) mass is 291 g/mol. The summed E-state index contributed by atoms with van der Waals surface area (Å²) in [6.07, 6.45) is 17.3. The van der Waals surface area contributed by atoms with E-state index in [0.29, 0.717) is 6.04 Å². The molecule has 2 aliphatic rings. The highest BCUT2D eigenvalue weighted by atomic mass is 32.2. The van der Waals surface area contributed by atoms with Gasteiger partial charge in [0, 0.05) is 6.04 Å². The van der Waals surface area contributed by atoms with Crippen LogP contribution in [0.3, 0.4) is 0 Å². The van der Waals surface area contributed by atoms with Gasteiger partial charge in [-0.1, -0.05) is 31.6 Å². The molecule has 2 rings (SSSR count). The lowest BCUT2D eigenvalue weighted by atomic mass is 9.82. The summed E-state index contributed by atoms with van der Waals surface area (Å²) >= 11 is 1.92. The summed E-state index contributed by atoms with van der Waals surface area (Å²) in [4.78, 5) is 1.56. The van der Waals surface area contributed by atoms with Crippen molar-refractivity contribution in [3.8, 4) is 0 Å². The van der Waals surface area contributed by atoms with Crippen LogP contribution in [0, 0.1) is 5.92 Å². The molecule has 0 bridgehead atoms. The molecule has 112 valence electrons. The standard InChI is InChI=1S/C18H29NS/c1-14(2)19-12-11-15-5-4-6-16-9-10-18(20-3)13-17(16)8-7-15/h7-8,13-14,16,19H,4-6,9-12H2,1-3H3. The summed E-state index contributed by atoms with van der Waals surface area (Å²) in [5.74, 6) is 0.817. The largest absolute Gasteiger partial charge is 0.314 e. The maximum Gasteiger partial charge on any atom is 0.00105 e. The van der Waals surface area contributed by atoms with E-state index in [9.17, 15) is 0 Å². The number of hydrogen-bond donors (Lipinski definition) is 1. The lowest BCUT2D eigenvalue weighted by Gasteiger charge is -2.26. The molecule has 0 fully saturated rings. The Kier molecular flexibility index (Phi) is 6.44. The molecule has 1 unspecified atom stereocenters. The molecule has 1 nitrogen and oxygen atoms in total. The van der Waals surface area contributed by atoms with Gasteiger partial charge in [0.2, 0.25) is 0 Å². The molecule has 0 heterocycles. The number of fused-ring (bicyclic) bond motifs is 1. The summed E-state index contributed by atoms with van der Waals surface area (Å²) in [6, 6.07) is 0.595. The molecule has 1 atom stereocenters. The van der Waals surface area contributed by atoms with E-state index in [4.69, 9.17) is 0 Å². The van der Waals surface area contributed by atoms with E-state index in [1.54, 1.807) is 16.1 Å². The van der Waals surface area contributed by atoms with Crippen molar-refractivity contribution in [3.63, 3.8) is 0 Å². The number of rotatable bonds is 5. The van der Waals surface area contributed by atoms with E-state index >= 15 is 0 Å². The normalized spacial score (nSPS) is 23.4. The van der Waals surface area contributed by atoms with Crippen LogP contribution in [-0.2, 0) is 0 Å². The molecule has 0 aliphatic heterocycles. The van der Waals surface area contributed by atoms with Crippen molar-refractivity contribution < 1.29 is 0 Å². The Labute approximate surface area is 129 Å². The van der Waals surface area contributed by atoms with Crippen molar-refractivity contribution in [2.45, 2.75) is 58.4 Å². The molecule has 2 aliphatic carbocycles. The third-order valence-electron chi connectivity index (χ3n) is 4.36. The van der Waals surface area contributed by atoms with Crippen LogP contribution in [0.4, 0.5) is 0 Å². The Bertz CT molecular complexity index is 404. The van der Waals surface area contributed by atoms with Crippen LogP contribution in [0.25, 0.3) is 0 Å². The van der Waals surface area contributed by atoms with Crippen LogP contribution < -0.4 is 5.32 Å². The van der Waals surface area contributed by atoms with Crippen LogP contribution in [0.15, 0.2) is 34.3 Å². The van der Waals surface area contributed by atoms with Gasteiger partial charge in [-0.25, -0.2) is 0 Å². The average molecular weight is 292 g/mol. The van der Waals surface area contributed by atoms with Gasteiger partial charge in [-0.2, -0.15) is 0 Å². The molecule has 0 radical (unpaired) electrons. The fourth-order valence-corrected chi connectivity index (χ4v) is 3.69. The first-order valence-electron chi connectivity index (χ1n) is 8.06. The smallest absolute Gasteiger partial charge is 0.00105 e. The van der Waals surface area contributed by atoms with Gasteiger partial charge in [0.25, 0.3) is 0 Å². The fourth-order valence-electron chi connectivity index (χ4n) is 3.12. The quantitative estimate of drug-likeness (QED) is 0.759. The Morgan fingerprint density at radius 1 is 1.25 bits per heavy atom. The predicted molar refractivity (Wildman–Crippen MR) is 92.1 cm³/mol. The number of thioether (sulfide) groups is 1. The number of hydrogen-bond acceptors (Lipinski definition) is 2. The number of nitrogens with one attached hydrogen (secondary N) is 1. The first-order valence-corrected chi connectivity index (χ1v) is 9.29. The zero-order valence-electron chi connectivity index (χ0n) is 13.2. The van der Waals surface area contributed by atoms with E-state index in [1.165, 1.54) is 38.5 Å². The summed E-state index contributed by atoms with van der Waals surface area (Å²) in [5.41, 5.74) is 3.20. The van der Waals surface area contributed by atoms with E-state index in [-0.39, 0.29) is 0 Å². The molecule has 0 saturated carbocycles. The van der Waals surface area contributed by atoms with Crippen molar-refractivity contribution >= 4 is 11.8 Å². The van der Waals surface area contributed by atoms with Gasteiger partial charge < -0.3 is 5.32 Å². The maximum atomic E-state index is 3.52. The van der Waals surface area contributed by atoms with E-state index < -0.39 is 0 Å². The van der Waals surface area contributed by atoms with Crippen molar-refractivity contribution in [1.29, 1.82) is 0 Å². The van der Waals surface area contributed by atoms with Crippen LogP contribution in [0.2, 0.25) is 0 Å². The van der Waals surface area contributed by atoms with E-state index in [1.807, 2.05) is 11.8 Å². The molecule has 0 saturated heterocycles. The van der Waals surface area contributed by atoms with Crippen LogP contribution in [-0.4, -0.2) is 18.8 Å². The van der Waals surface area contributed by atoms with Gasteiger partial charge in [0.05, 0.1) is 0 Å². The molecule has 2 heteroatoms. The number of allylic oxidation sites excluding steroid dienone is 5. The Morgan fingerprint density at radius 2 is 2.10 bits per heavy atom. The predicted octanol–water partition coefficient (Wildman–Crippen LogP) is 5.07. The summed E-state index contributed by atoms with van der Waals surface area (Å²) in [5, 5.41) is 3.52. The molecule has 0 spiro atoms. The highest BCUT2D eigenvalue weighted by Gasteiger charge is 2.19. The third kappa shape index (κ3) is 4.82. The fraction of sp³-hybridized carbons (Fsp3) is 0.667. The highest BCUT2D eigenvalue weighted by molar-refractivity contribution is 8.02. The second kappa shape index (κ2) is 8.09.